The molecule has 0 bridgehead atoms. The summed E-state index contributed by atoms with van der Waals surface area (Å²) in [6.07, 6.45) is 0. The van der Waals surface area contributed by atoms with Crippen molar-refractivity contribution in [1.82, 2.24) is 15.1 Å². The number of carbonyl (C=O) groups is 1. The Morgan fingerprint density at radius 1 is 1.37 bits per heavy atom. The van der Waals surface area contributed by atoms with Gasteiger partial charge in [-0.1, -0.05) is 11.3 Å². The van der Waals surface area contributed by atoms with Gasteiger partial charge in [0.2, 0.25) is 0 Å². The van der Waals surface area contributed by atoms with Crippen LogP contribution in [-0.4, -0.2) is 69.1 Å². The zero-order valence-corrected chi connectivity index (χ0v) is 12.3. The molecule has 0 radical (unpaired) electrons. The number of carbonyl (C=O) groups excluding carboxylic acids is 1. The highest BCUT2D eigenvalue weighted by Gasteiger charge is 2.14. The predicted octanol–water partition coefficient (Wildman–Crippen LogP) is 0.734. The van der Waals surface area contributed by atoms with Gasteiger partial charge in [-0.25, -0.2) is 0 Å². The second kappa shape index (κ2) is 6.88. The van der Waals surface area contributed by atoms with Gasteiger partial charge in [-0.2, -0.15) is 0 Å². The Kier molecular flexibility index (Phi) is 5.18. The minimum absolute atomic E-state index is 0.0116. The number of hydrogen-bond acceptors (Lipinski definition) is 5. The van der Waals surface area contributed by atoms with Gasteiger partial charge in [0.1, 0.15) is 0 Å². The molecule has 0 spiro atoms. The van der Waals surface area contributed by atoms with Gasteiger partial charge < -0.3 is 15.0 Å². The average molecular weight is 283 g/mol. The van der Waals surface area contributed by atoms with Gasteiger partial charge in [0.05, 0.1) is 12.0 Å². The Bertz CT molecular complexity index is 414. The van der Waals surface area contributed by atoms with Crippen LogP contribution in [-0.2, 0) is 0 Å². The van der Waals surface area contributed by atoms with Crippen LogP contribution in [0.4, 0.5) is 0 Å². The Labute approximate surface area is 118 Å². The number of thiophene rings is 1. The Morgan fingerprint density at radius 2 is 2.11 bits per heavy atom. The fraction of sp³-hybridized carbons (Fsp3) is 0.615. The molecule has 5 nitrogen and oxygen atoms in total. The Balaban J connectivity index is 1.69. The number of nitrogens with one attached hydrogen (secondary N) is 1. The molecule has 1 amide bonds. The molecule has 1 aliphatic rings. The van der Waals surface area contributed by atoms with Crippen molar-refractivity contribution < 1.29 is 9.53 Å². The fourth-order valence-corrected chi connectivity index (χ4v) is 2.78. The van der Waals surface area contributed by atoms with Gasteiger partial charge in [-0.05, 0) is 19.2 Å². The fourth-order valence-electron chi connectivity index (χ4n) is 2.04. The minimum atomic E-state index is -0.0116. The quantitative estimate of drug-likeness (QED) is 0.865. The molecular weight excluding hydrogens is 262 g/mol. The lowest BCUT2D eigenvalue weighted by atomic mass is 10.3. The highest BCUT2D eigenvalue weighted by molar-refractivity contribution is 7.15. The van der Waals surface area contributed by atoms with Crippen LogP contribution in [0.5, 0.6) is 5.06 Å². The molecule has 2 rings (SSSR count). The Hall–Kier alpha value is -1.11. The van der Waals surface area contributed by atoms with Crippen LogP contribution in [0.25, 0.3) is 0 Å². The van der Waals surface area contributed by atoms with Gasteiger partial charge in [0.25, 0.3) is 5.91 Å². The van der Waals surface area contributed by atoms with E-state index in [2.05, 4.69) is 22.2 Å². The summed E-state index contributed by atoms with van der Waals surface area (Å²) in [6, 6.07) is 3.62. The third-order valence-electron chi connectivity index (χ3n) is 3.32. The molecule has 1 N–H and O–H groups in total. The lowest BCUT2D eigenvalue weighted by molar-refractivity contribution is 0.0945. The third-order valence-corrected chi connectivity index (χ3v) is 4.36. The van der Waals surface area contributed by atoms with Crippen molar-refractivity contribution in [1.29, 1.82) is 0 Å². The van der Waals surface area contributed by atoms with Gasteiger partial charge in [0, 0.05) is 39.3 Å². The molecule has 0 saturated carbocycles. The molecule has 6 heteroatoms. The molecule has 0 unspecified atom stereocenters. The van der Waals surface area contributed by atoms with Gasteiger partial charge >= 0.3 is 0 Å². The summed E-state index contributed by atoms with van der Waals surface area (Å²) >= 11 is 1.37. The molecule has 0 aromatic carbocycles. The molecule has 106 valence electrons. The topological polar surface area (TPSA) is 44.8 Å². The molecule has 1 aromatic rings. The van der Waals surface area contributed by atoms with E-state index < -0.39 is 0 Å². The number of rotatable bonds is 5. The van der Waals surface area contributed by atoms with Crippen molar-refractivity contribution in [2.75, 3.05) is 53.4 Å². The zero-order valence-electron chi connectivity index (χ0n) is 11.5. The first-order valence-electron chi connectivity index (χ1n) is 6.52. The number of hydrogen-bond donors (Lipinski definition) is 1. The first-order chi connectivity index (χ1) is 9.19. The van der Waals surface area contributed by atoms with Crippen molar-refractivity contribution in [2.45, 2.75) is 0 Å². The zero-order chi connectivity index (χ0) is 13.7. The van der Waals surface area contributed by atoms with Crippen molar-refractivity contribution in [2.24, 2.45) is 0 Å². The second-order valence-corrected chi connectivity index (χ2v) is 5.77. The highest BCUT2D eigenvalue weighted by Crippen LogP contribution is 2.23. The van der Waals surface area contributed by atoms with E-state index in [4.69, 9.17) is 4.74 Å². The summed E-state index contributed by atoms with van der Waals surface area (Å²) in [5.41, 5.74) is 0. The highest BCUT2D eigenvalue weighted by atomic mass is 32.1. The number of nitrogens with zero attached hydrogens (tertiary/aromatic N) is 2. The van der Waals surface area contributed by atoms with Gasteiger partial charge in [-0.3, -0.25) is 9.69 Å². The first kappa shape index (κ1) is 14.3. The second-order valence-electron chi connectivity index (χ2n) is 4.72. The molecule has 0 atom stereocenters. The number of amides is 1. The lowest BCUT2D eigenvalue weighted by Crippen LogP contribution is -2.46. The third kappa shape index (κ3) is 4.19. The van der Waals surface area contributed by atoms with E-state index in [-0.39, 0.29) is 5.91 Å². The molecule has 0 aliphatic carbocycles. The van der Waals surface area contributed by atoms with Crippen molar-refractivity contribution >= 4 is 17.2 Å². The summed E-state index contributed by atoms with van der Waals surface area (Å²) in [6.45, 7) is 6.00. The van der Waals surface area contributed by atoms with E-state index in [0.29, 0.717) is 11.4 Å². The maximum absolute atomic E-state index is 11.9. The smallest absolute Gasteiger partial charge is 0.261 e. The summed E-state index contributed by atoms with van der Waals surface area (Å²) < 4.78 is 5.08. The predicted molar refractivity (Wildman–Crippen MR) is 77.1 cm³/mol. The van der Waals surface area contributed by atoms with E-state index in [1.54, 1.807) is 13.2 Å². The maximum Gasteiger partial charge on any atom is 0.261 e. The van der Waals surface area contributed by atoms with Crippen LogP contribution in [0.1, 0.15) is 9.67 Å². The van der Waals surface area contributed by atoms with E-state index in [1.807, 2.05) is 6.07 Å². The van der Waals surface area contributed by atoms with Crippen LogP contribution in [0.3, 0.4) is 0 Å². The number of piperazine rings is 1. The summed E-state index contributed by atoms with van der Waals surface area (Å²) in [4.78, 5) is 17.3. The van der Waals surface area contributed by atoms with Crippen LogP contribution in [0.15, 0.2) is 12.1 Å². The number of methoxy groups -OCH3 is 1. The van der Waals surface area contributed by atoms with Gasteiger partial charge in [0.15, 0.2) is 5.06 Å². The van der Waals surface area contributed by atoms with E-state index in [0.717, 1.165) is 37.8 Å². The summed E-state index contributed by atoms with van der Waals surface area (Å²) in [7, 11) is 3.75. The molecule has 2 heterocycles. The standard InChI is InChI=1S/C13H21N3O2S/c1-15-7-9-16(10-8-15)6-5-14-13(17)11-3-4-12(18-2)19-11/h3-4H,5-10H2,1-2H3,(H,14,17). The molecule has 1 saturated heterocycles. The van der Waals surface area contributed by atoms with Crippen molar-refractivity contribution in [3.05, 3.63) is 17.0 Å². The largest absolute Gasteiger partial charge is 0.487 e. The van der Waals surface area contributed by atoms with Crippen molar-refractivity contribution in [3.8, 4) is 5.06 Å². The number of ether oxygens (including phenoxy) is 1. The van der Waals surface area contributed by atoms with E-state index >= 15 is 0 Å². The maximum atomic E-state index is 11.9. The molecule has 1 aromatic heterocycles. The van der Waals surface area contributed by atoms with Crippen LogP contribution in [0.2, 0.25) is 0 Å². The minimum Gasteiger partial charge on any atom is -0.487 e. The summed E-state index contributed by atoms with van der Waals surface area (Å²) in [5.74, 6) is -0.0116. The van der Waals surface area contributed by atoms with Crippen molar-refractivity contribution in [3.63, 3.8) is 0 Å². The summed E-state index contributed by atoms with van der Waals surface area (Å²) in [5, 5.41) is 3.72. The van der Waals surface area contributed by atoms with Crippen LogP contribution < -0.4 is 10.1 Å². The van der Waals surface area contributed by atoms with E-state index in [9.17, 15) is 4.79 Å². The normalized spacial score (nSPS) is 17.4. The monoisotopic (exact) mass is 283 g/mol. The first-order valence-corrected chi connectivity index (χ1v) is 7.33. The SMILES string of the molecule is COc1ccc(C(=O)NCCN2CCN(C)CC2)s1. The van der Waals surface area contributed by atoms with Crippen LogP contribution in [0, 0.1) is 0 Å². The molecular formula is C13H21N3O2S. The van der Waals surface area contributed by atoms with Crippen LogP contribution >= 0.6 is 11.3 Å². The average Bonchev–Trinajstić information content (AvgIpc) is 2.90. The van der Waals surface area contributed by atoms with Gasteiger partial charge in [-0.15, -0.1) is 0 Å². The van der Waals surface area contributed by atoms with E-state index in [1.165, 1.54) is 11.3 Å². The molecule has 19 heavy (non-hydrogen) atoms. The lowest BCUT2D eigenvalue weighted by Gasteiger charge is -2.32. The molecule has 1 fully saturated rings. The Morgan fingerprint density at radius 3 is 2.74 bits per heavy atom. The number of likely N-dealkylation sites (N-methyl/N-ethyl adjacent to an activating group) is 1. The molecule has 1 aliphatic heterocycles.